The first-order chi connectivity index (χ1) is 26.7. The average molecular weight is 799 g/mol. The minimum absolute atomic E-state index is 0.187. The summed E-state index contributed by atoms with van der Waals surface area (Å²) in [7, 11) is -0.959. The largest absolute Gasteiger partial charge is 0.497 e. The van der Waals surface area contributed by atoms with Crippen molar-refractivity contribution in [3.63, 3.8) is 0 Å². The van der Waals surface area contributed by atoms with Crippen molar-refractivity contribution in [1.82, 2.24) is 0 Å². The van der Waals surface area contributed by atoms with E-state index in [0.717, 1.165) is 33.4 Å². The highest BCUT2D eigenvalue weighted by molar-refractivity contribution is 7.42. The van der Waals surface area contributed by atoms with Gasteiger partial charge in [-0.05, 0) is 103 Å². The lowest BCUT2D eigenvalue weighted by Crippen LogP contribution is -2.10. The molecule has 0 bridgehead atoms. The normalized spacial score (nSPS) is 13.1. The highest BCUT2D eigenvalue weighted by atomic mass is 31.2. The summed E-state index contributed by atoms with van der Waals surface area (Å²) in [6.07, 6.45) is 5.87. The number of ether oxygens (including phenoxy) is 1. The SMILES string of the molecule is C=C/C(C)=C\C=C(/COP(Oc1ccccc1C(=O)c1ccc(OC)cc1OP(OC)Oc1cc(C)ccc1C(C)C)Oc1cc(C)ccc1C(C)C)C(C)C. The molecule has 0 radical (unpaired) electrons. The monoisotopic (exact) mass is 798 g/mol. The molecule has 0 saturated carbocycles. The molecule has 0 saturated heterocycles. The first-order valence-electron chi connectivity index (χ1n) is 18.8. The number of allylic oxidation sites excluding steroid dienone is 4. The average Bonchev–Trinajstić information content (AvgIpc) is 3.16. The summed E-state index contributed by atoms with van der Waals surface area (Å²) in [5, 5.41) is 0. The molecule has 0 aromatic heterocycles. The summed E-state index contributed by atoms with van der Waals surface area (Å²) in [6, 6.07) is 24.2. The lowest BCUT2D eigenvalue weighted by molar-refractivity contribution is 0.103. The van der Waals surface area contributed by atoms with E-state index in [0.29, 0.717) is 28.6 Å². The van der Waals surface area contributed by atoms with Crippen molar-refractivity contribution in [2.75, 3.05) is 20.8 Å². The third-order valence-corrected chi connectivity index (χ3v) is 11.0. The Bertz CT molecular complexity index is 2020. The van der Waals surface area contributed by atoms with Crippen molar-refractivity contribution in [3.05, 3.63) is 148 Å². The first-order valence-corrected chi connectivity index (χ1v) is 20.9. The van der Waals surface area contributed by atoms with Crippen LogP contribution in [0.15, 0.2) is 115 Å². The fraction of sp³-hybridized carbons (Fsp3) is 0.326. The van der Waals surface area contributed by atoms with Gasteiger partial charge in [0.15, 0.2) is 0 Å². The maximum absolute atomic E-state index is 14.6. The summed E-state index contributed by atoms with van der Waals surface area (Å²) in [5.41, 5.74) is 6.76. The Morgan fingerprint density at radius 1 is 0.679 bits per heavy atom. The molecule has 0 aliphatic heterocycles. The topological polar surface area (TPSA) is 81.7 Å². The van der Waals surface area contributed by atoms with E-state index < -0.39 is 17.2 Å². The molecule has 56 heavy (non-hydrogen) atoms. The van der Waals surface area contributed by atoms with Crippen LogP contribution in [0.3, 0.4) is 0 Å². The quantitative estimate of drug-likeness (QED) is 0.0497. The number of carbonyl (C=O) groups is 1. The summed E-state index contributed by atoms with van der Waals surface area (Å²) < 4.78 is 43.6. The highest BCUT2D eigenvalue weighted by Crippen LogP contribution is 2.48. The van der Waals surface area contributed by atoms with Gasteiger partial charge in [0, 0.05) is 13.2 Å². The van der Waals surface area contributed by atoms with Gasteiger partial charge < -0.3 is 22.8 Å². The number of carbonyl (C=O) groups excluding carboxylic acids is 1. The van der Waals surface area contributed by atoms with Crippen LogP contribution >= 0.6 is 17.2 Å². The van der Waals surface area contributed by atoms with Crippen LogP contribution in [0.2, 0.25) is 0 Å². The smallest absolute Gasteiger partial charge is 0.463 e. The molecule has 0 heterocycles. The van der Waals surface area contributed by atoms with Crippen LogP contribution in [-0.2, 0) is 9.05 Å². The molecular formula is C46H56O8P2. The van der Waals surface area contributed by atoms with Crippen LogP contribution < -0.4 is 22.8 Å². The Hall–Kier alpha value is -4.45. The molecule has 4 aromatic rings. The Balaban J connectivity index is 1.72. The van der Waals surface area contributed by atoms with Crippen molar-refractivity contribution >= 4 is 23.0 Å². The molecule has 8 nitrogen and oxygen atoms in total. The van der Waals surface area contributed by atoms with Gasteiger partial charge in [-0.3, -0.25) is 13.8 Å². The molecule has 4 aromatic carbocycles. The number of hydrogen-bond acceptors (Lipinski definition) is 8. The van der Waals surface area contributed by atoms with Crippen molar-refractivity contribution in [1.29, 1.82) is 0 Å². The van der Waals surface area contributed by atoms with E-state index in [1.54, 1.807) is 43.5 Å². The lowest BCUT2D eigenvalue weighted by Gasteiger charge is -2.23. The molecule has 2 atom stereocenters. The van der Waals surface area contributed by atoms with Crippen molar-refractivity contribution in [3.8, 4) is 28.7 Å². The number of benzene rings is 4. The molecule has 0 aliphatic rings. The number of methoxy groups -OCH3 is 1. The fourth-order valence-electron chi connectivity index (χ4n) is 5.49. The van der Waals surface area contributed by atoms with Gasteiger partial charge in [0.05, 0.1) is 24.8 Å². The molecule has 0 aliphatic carbocycles. The van der Waals surface area contributed by atoms with E-state index in [2.05, 4.69) is 60.3 Å². The van der Waals surface area contributed by atoms with Gasteiger partial charge in [-0.2, -0.15) is 0 Å². The maximum Gasteiger partial charge on any atom is 0.463 e. The highest BCUT2D eigenvalue weighted by Gasteiger charge is 2.28. The zero-order chi connectivity index (χ0) is 40.9. The minimum atomic E-state index is -2.06. The summed E-state index contributed by atoms with van der Waals surface area (Å²) in [4.78, 5) is 14.6. The van der Waals surface area contributed by atoms with Crippen LogP contribution in [0.1, 0.15) is 98.5 Å². The van der Waals surface area contributed by atoms with Crippen LogP contribution in [0.4, 0.5) is 0 Å². The Morgan fingerprint density at radius 2 is 1.23 bits per heavy atom. The molecule has 298 valence electrons. The van der Waals surface area contributed by atoms with Crippen LogP contribution in [0.25, 0.3) is 0 Å². The van der Waals surface area contributed by atoms with Gasteiger partial charge in [0.25, 0.3) is 0 Å². The Labute approximate surface area is 336 Å². The molecule has 4 rings (SSSR count). The second-order valence-electron chi connectivity index (χ2n) is 14.4. The second kappa shape index (κ2) is 21.2. The van der Waals surface area contributed by atoms with Crippen molar-refractivity contribution in [2.45, 2.75) is 74.1 Å². The van der Waals surface area contributed by atoms with Crippen LogP contribution in [-0.4, -0.2) is 26.6 Å². The molecule has 0 N–H and O–H groups in total. The van der Waals surface area contributed by atoms with Crippen molar-refractivity contribution < 1.29 is 36.7 Å². The molecule has 0 fully saturated rings. The van der Waals surface area contributed by atoms with Gasteiger partial charge in [-0.15, -0.1) is 0 Å². The summed E-state index contributed by atoms with van der Waals surface area (Å²) in [6.45, 7) is 22.8. The van der Waals surface area contributed by atoms with E-state index in [1.165, 1.54) is 7.11 Å². The van der Waals surface area contributed by atoms with E-state index in [4.69, 9.17) is 31.9 Å². The number of rotatable bonds is 20. The number of aryl methyl sites for hydroxylation is 2. The number of ketones is 1. The predicted octanol–water partition coefficient (Wildman–Crippen LogP) is 13.5. The summed E-state index contributed by atoms with van der Waals surface area (Å²) in [5.74, 6) is 2.61. The number of para-hydroxylation sites is 1. The zero-order valence-corrected chi connectivity index (χ0v) is 36.3. The van der Waals surface area contributed by atoms with Gasteiger partial charge in [-0.25, -0.2) is 0 Å². The molecular weight excluding hydrogens is 742 g/mol. The minimum Gasteiger partial charge on any atom is -0.497 e. The van der Waals surface area contributed by atoms with Crippen molar-refractivity contribution in [2.24, 2.45) is 5.92 Å². The molecule has 0 amide bonds. The third kappa shape index (κ3) is 12.3. The lowest BCUT2D eigenvalue weighted by atomic mass is 10.0. The predicted molar refractivity (Wildman–Crippen MR) is 230 cm³/mol. The third-order valence-electron chi connectivity index (χ3n) is 8.95. The Morgan fingerprint density at radius 3 is 1.79 bits per heavy atom. The van der Waals surface area contributed by atoms with E-state index in [9.17, 15) is 4.79 Å². The van der Waals surface area contributed by atoms with Crippen LogP contribution in [0, 0.1) is 19.8 Å². The fourth-order valence-corrected chi connectivity index (χ4v) is 7.35. The van der Waals surface area contributed by atoms with Crippen LogP contribution in [0.5, 0.6) is 28.7 Å². The van der Waals surface area contributed by atoms with E-state index in [-0.39, 0.29) is 41.5 Å². The summed E-state index contributed by atoms with van der Waals surface area (Å²) >= 11 is 0. The number of hydrogen-bond donors (Lipinski definition) is 0. The van der Waals surface area contributed by atoms with E-state index >= 15 is 0 Å². The standard InChI is InChI=1S/C46H56O8P2/c1-13-33(8)18-21-36(30(2)3)29-50-56(54-44-27-35(10)20-24-39(44)32(6)7)51-42-17-15-14-16-40(42)46(47)41-25-22-37(48-11)28-45(41)53-55(49-12)52-43-26-34(9)19-23-38(43)31(4)5/h13-28,30-32H,1,29H2,2-12H3/b33-18-,36-21+. The van der Waals surface area contributed by atoms with Gasteiger partial charge in [-0.1, -0.05) is 108 Å². The molecule has 0 spiro atoms. The van der Waals surface area contributed by atoms with Gasteiger partial charge in [0.1, 0.15) is 28.7 Å². The second-order valence-corrected chi connectivity index (χ2v) is 16.6. The Kier molecular flexibility index (Phi) is 16.7. The van der Waals surface area contributed by atoms with Gasteiger partial charge >= 0.3 is 17.2 Å². The van der Waals surface area contributed by atoms with E-state index in [1.807, 2.05) is 69.3 Å². The van der Waals surface area contributed by atoms with Gasteiger partial charge in [0.2, 0.25) is 5.78 Å². The molecule has 2 unspecified atom stereocenters. The zero-order valence-electron chi connectivity index (χ0n) is 34.5. The molecule has 10 heteroatoms. The maximum atomic E-state index is 14.6. The first kappa shape index (κ1) is 44.3.